The molecule has 0 spiro atoms. The summed E-state index contributed by atoms with van der Waals surface area (Å²) in [7, 11) is 0. The number of carbonyl (C=O) groups is 1. The average molecular weight is 338 g/mol. The van der Waals surface area contributed by atoms with E-state index in [2.05, 4.69) is 31.5 Å². The normalized spacial score (nSPS) is 26.2. The highest BCUT2D eigenvalue weighted by molar-refractivity contribution is 9.10. The van der Waals surface area contributed by atoms with E-state index in [1.807, 2.05) is 24.3 Å². The number of rotatable bonds is 3. The van der Waals surface area contributed by atoms with Gasteiger partial charge >= 0.3 is 0 Å². The predicted octanol–water partition coefficient (Wildman–Crippen LogP) is 2.07. The monoisotopic (exact) mass is 337 g/mol. The molecule has 3 rings (SSSR count). The highest BCUT2D eigenvalue weighted by Crippen LogP contribution is 2.25. The van der Waals surface area contributed by atoms with Crippen molar-refractivity contribution in [2.75, 3.05) is 31.5 Å². The van der Waals surface area contributed by atoms with Crippen LogP contribution in [-0.2, 0) is 4.79 Å². The summed E-state index contributed by atoms with van der Waals surface area (Å²) >= 11 is 3.45. The lowest BCUT2D eigenvalue weighted by Crippen LogP contribution is -2.46. The fourth-order valence-corrected chi connectivity index (χ4v) is 3.61. The van der Waals surface area contributed by atoms with Crippen LogP contribution in [0, 0.1) is 5.92 Å². The largest absolute Gasteiger partial charge is 0.324 e. The van der Waals surface area contributed by atoms with Crippen LogP contribution in [0.2, 0.25) is 0 Å². The molecule has 0 aliphatic carbocycles. The minimum Gasteiger partial charge on any atom is -0.324 e. The smallest absolute Gasteiger partial charge is 0.238 e. The van der Waals surface area contributed by atoms with E-state index in [9.17, 15) is 4.79 Å². The fraction of sp³-hybridized carbons (Fsp3) is 0.533. The van der Waals surface area contributed by atoms with Crippen LogP contribution in [0.15, 0.2) is 28.7 Å². The Labute approximate surface area is 128 Å². The number of nitrogens with zero attached hydrogens (tertiary/aromatic N) is 1. The number of benzene rings is 1. The lowest BCUT2D eigenvalue weighted by atomic mass is 9.93. The average Bonchev–Trinajstić information content (AvgIpc) is 2.89. The molecule has 2 aliphatic heterocycles. The Hall–Kier alpha value is -0.910. The van der Waals surface area contributed by atoms with Gasteiger partial charge in [0.1, 0.15) is 0 Å². The molecule has 2 heterocycles. The first-order valence-electron chi connectivity index (χ1n) is 7.22. The number of anilines is 1. The lowest BCUT2D eigenvalue weighted by Gasteiger charge is -2.34. The molecule has 2 N–H and O–H groups in total. The van der Waals surface area contributed by atoms with Gasteiger partial charge in [-0.25, -0.2) is 0 Å². The molecule has 1 amide bonds. The van der Waals surface area contributed by atoms with Gasteiger partial charge in [0.25, 0.3) is 0 Å². The SMILES string of the molecule is O=C(CN1CCC2NCCC2C1)Nc1ccccc1Br. The number of nitrogens with one attached hydrogen (secondary N) is 2. The number of carbonyl (C=O) groups excluding carboxylic acids is 1. The quantitative estimate of drug-likeness (QED) is 0.887. The van der Waals surface area contributed by atoms with Crippen LogP contribution in [0.5, 0.6) is 0 Å². The molecule has 2 atom stereocenters. The van der Waals surface area contributed by atoms with Gasteiger partial charge in [0.2, 0.25) is 5.91 Å². The van der Waals surface area contributed by atoms with E-state index in [4.69, 9.17) is 0 Å². The first-order valence-corrected chi connectivity index (χ1v) is 8.02. The molecular weight excluding hydrogens is 318 g/mol. The van der Waals surface area contributed by atoms with E-state index in [-0.39, 0.29) is 5.91 Å². The Morgan fingerprint density at radius 3 is 3.10 bits per heavy atom. The minimum absolute atomic E-state index is 0.0707. The van der Waals surface area contributed by atoms with Crippen LogP contribution in [-0.4, -0.2) is 43.0 Å². The zero-order valence-corrected chi connectivity index (χ0v) is 13.0. The topological polar surface area (TPSA) is 44.4 Å². The summed E-state index contributed by atoms with van der Waals surface area (Å²) in [6, 6.07) is 8.39. The van der Waals surface area contributed by atoms with Crippen molar-refractivity contribution in [3.8, 4) is 0 Å². The number of halogens is 1. The second-order valence-corrected chi connectivity index (χ2v) is 6.52. The molecule has 2 unspecified atom stereocenters. The number of piperidine rings is 1. The van der Waals surface area contributed by atoms with Crippen LogP contribution in [0.3, 0.4) is 0 Å². The van der Waals surface area contributed by atoms with Crippen molar-refractivity contribution in [2.45, 2.75) is 18.9 Å². The number of amides is 1. The zero-order chi connectivity index (χ0) is 13.9. The van der Waals surface area contributed by atoms with Crippen molar-refractivity contribution in [3.05, 3.63) is 28.7 Å². The van der Waals surface area contributed by atoms with Crippen LogP contribution < -0.4 is 10.6 Å². The Morgan fingerprint density at radius 1 is 1.40 bits per heavy atom. The molecule has 0 aromatic heterocycles. The zero-order valence-electron chi connectivity index (χ0n) is 11.4. The molecule has 0 radical (unpaired) electrons. The number of para-hydroxylation sites is 1. The number of hydrogen-bond donors (Lipinski definition) is 2. The van der Waals surface area contributed by atoms with Gasteiger partial charge in [-0.05, 0) is 53.4 Å². The molecule has 108 valence electrons. The third-order valence-electron chi connectivity index (χ3n) is 4.25. The highest BCUT2D eigenvalue weighted by Gasteiger charge is 2.32. The summed E-state index contributed by atoms with van der Waals surface area (Å²) in [4.78, 5) is 14.4. The summed E-state index contributed by atoms with van der Waals surface area (Å²) in [6.45, 7) is 3.68. The van der Waals surface area contributed by atoms with E-state index in [0.29, 0.717) is 12.6 Å². The van der Waals surface area contributed by atoms with Crippen LogP contribution in [0.25, 0.3) is 0 Å². The molecule has 2 saturated heterocycles. The van der Waals surface area contributed by atoms with Crippen LogP contribution in [0.4, 0.5) is 5.69 Å². The first kappa shape index (κ1) is 14.0. The summed E-state index contributed by atoms with van der Waals surface area (Å²) in [5.41, 5.74) is 0.843. The Morgan fingerprint density at radius 2 is 2.25 bits per heavy atom. The van der Waals surface area contributed by atoms with Gasteiger partial charge in [-0.2, -0.15) is 0 Å². The Balaban J connectivity index is 1.53. The van der Waals surface area contributed by atoms with E-state index >= 15 is 0 Å². The van der Waals surface area contributed by atoms with Crippen molar-refractivity contribution in [1.82, 2.24) is 10.2 Å². The number of fused-ring (bicyclic) bond motifs is 1. The van der Waals surface area contributed by atoms with Crippen molar-refractivity contribution in [1.29, 1.82) is 0 Å². The maximum atomic E-state index is 12.1. The van der Waals surface area contributed by atoms with Gasteiger partial charge in [0, 0.05) is 23.6 Å². The molecule has 1 aromatic carbocycles. The third-order valence-corrected chi connectivity index (χ3v) is 4.95. The number of hydrogen-bond acceptors (Lipinski definition) is 3. The summed E-state index contributed by atoms with van der Waals surface area (Å²) in [5.74, 6) is 0.793. The van der Waals surface area contributed by atoms with Gasteiger partial charge in [0.15, 0.2) is 0 Å². The van der Waals surface area contributed by atoms with Gasteiger partial charge < -0.3 is 10.6 Å². The van der Waals surface area contributed by atoms with Gasteiger partial charge in [-0.1, -0.05) is 12.1 Å². The maximum absolute atomic E-state index is 12.1. The Kier molecular flexibility index (Phi) is 4.38. The van der Waals surface area contributed by atoms with E-state index in [1.165, 1.54) is 6.42 Å². The second-order valence-electron chi connectivity index (χ2n) is 5.66. The standard InChI is InChI=1S/C15H20BrN3O/c16-12-3-1-2-4-14(12)18-15(20)10-19-8-6-13-11(9-19)5-7-17-13/h1-4,11,13,17H,5-10H2,(H,18,20). The van der Waals surface area contributed by atoms with Crippen molar-refractivity contribution in [3.63, 3.8) is 0 Å². The molecule has 0 bridgehead atoms. The fourth-order valence-electron chi connectivity index (χ4n) is 3.22. The molecule has 1 aromatic rings. The molecular formula is C15H20BrN3O. The van der Waals surface area contributed by atoms with Crippen LogP contribution in [0.1, 0.15) is 12.8 Å². The van der Waals surface area contributed by atoms with E-state index < -0.39 is 0 Å². The van der Waals surface area contributed by atoms with E-state index in [0.717, 1.165) is 42.1 Å². The molecule has 20 heavy (non-hydrogen) atoms. The molecule has 5 heteroatoms. The summed E-state index contributed by atoms with van der Waals surface area (Å²) < 4.78 is 0.923. The molecule has 4 nitrogen and oxygen atoms in total. The number of likely N-dealkylation sites (tertiary alicyclic amines) is 1. The maximum Gasteiger partial charge on any atom is 0.238 e. The van der Waals surface area contributed by atoms with Crippen molar-refractivity contribution < 1.29 is 4.79 Å². The summed E-state index contributed by atoms with van der Waals surface area (Å²) in [6.07, 6.45) is 2.40. The first-order chi connectivity index (χ1) is 9.72. The Bertz CT molecular complexity index is 494. The minimum atomic E-state index is 0.0707. The third kappa shape index (κ3) is 3.22. The molecule has 0 saturated carbocycles. The highest BCUT2D eigenvalue weighted by atomic mass is 79.9. The van der Waals surface area contributed by atoms with Crippen LogP contribution >= 0.6 is 15.9 Å². The molecule has 2 aliphatic rings. The van der Waals surface area contributed by atoms with Crippen molar-refractivity contribution >= 4 is 27.5 Å². The predicted molar refractivity (Wildman–Crippen MR) is 83.7 cm³/mol. The van der Waals surface area contributed by atoms with E-state index in [1.54, 1.807) is 0 Å². The second kappa shape index (κ2) is 6.24. The van der Waals surface area contributed by atoms with Crippen molar-refractivity contribution in [2.24, 2.45) is 5.92 Å². The summed E-state index contributed by atoms with van der Waals surface area (Å²) in [5, 5.41) is 6.52. The lowest BCUT2D eigenvalue weighted by molar-refractivity contribution is -0.117. The van der Waals surface area contributed by atoms with Gasteiger partial charge in [0.05, 0.1) is 12.2 Å². The van der Waals surface area contributed by atoms with Gasteiger partial charge in [-0.3, -0.25) is 9.69 Å². The molecule has 2 fully saturated rings. The van der Waals surface area contributed by atoms with Gasteiger partial charge in [-0.15, -0.1) is 0 Å².